The van der Waals surface area contributed by atoms with Crippen LogP contribution in [0.25, 0.3) is 0 Å². The number of halogens is 1. The van der Waals surface area contributed by atoms with Gasteiger partial charge in [0.05, 0.1) is 13.7 Å². The molecular weight excluding hydrogens is 240 g/mol. The van der Waals surface area contributed by atoms with Gasteiger partial charge in [-0.25, -0.2) is 0 Å². The molecule has 1 aliphatic rings. The van der Waals surface area contributed by atoms with Crippen LogP contribution in [0.1, 0.15) is 5.56 Å². The summed E-state index contributed by atoms with van der Waals surface area (Å²) in [5.74, 6) is 0.316. The van der Waals surface area contributed by atoms with Crippen LogP contribution in [0, 0.1) is 0 Å². The smallest absolute Gasteiger partial charge is 0.301 e. The predicted molar refractivity (Wildman–Crippen MR) is 53.7 cm³/mol. The van der Waals surface area contributed by atoms with Crippen molar-refractivity contribution in [2.75, 3.05) is 7.11 Å². The summed E-state index contributed by atoms with van der Waals surface area (Å²) < 4.78 is 31.3. The van der Waals surface area contributed by atoms with E-state index >= 15 is 0 Å². The Balaban J connectivity index is 2.77. The van der Waals surface area contributed by atoms with Gasteiger partial charge in [0.15, 0.2) is 0 Å². The molecule has 15 heavy (non-hydrogen) atoms. The Morgan fingerprint density at radius 3 is 2.87 bits per heavy atom. The SMILES string of the molecule is COc1ccc2c(c1Cl)S(=O)(=O)N=NC2. The van der Waals surface area contributed by atoms with Gasteiger partial charge >= 0.3 is 10.0 Å². The molecule has 7 heteroatoms. The van der Waals surface area contributed by atoms with E-state index in [-0.39, 0.29) is 16.5 Å². The minimum Gasteiger partial charge on any atom is -0.495 e. The van der Waals surface area contributed by atoms with E-state index in [2.05, 4.69) is 9.63 Å². The Bertz CT molecular complexity index is 539. The highest BCUT2D eigenvalue weighted by atomic mass is 35.5. The fourth-order valence-electron chi connectivity index (χ4n) is 1.36. The summed E-state index contributed by atoms with van der Waals surface area (Å²) in [6.07, 6.45) is 0. The molecule has 0 fully saturated rings. The molecule has 0 spiro atoms. The molecule has 1 aliphatic heterocycles. The number of ether oxygens (including phenoxy) is 1. The van der Waals surface area contributed by atoms with Crippen molar-refractivity contribution in [2.24, 2.45) is 9.63 Å². The van der Waals surface area contributed by atoms with Gasteiger partial charge in [-0.3, -0.25) is 0 Å². The molecule has 1 aromatic carbocycles. The van der Waals surface area contributed by atoms with Crippen molar-refractivity contribution in [3.8, 4) is 5.75 Å². The molecule has 0 bridgehead atoms. The standard InChI is InChI=1S/C8H7ClN2O3S/c1-14-6-3-2-5-4-10-11-15(12,13)8(5)7(6)9/h2-3H,4H2,1H3. The van der Waals surface area contributed by atoms with Crippen molar-refractivity contribution in [2.45, 2.75) is 11.4 Å². The van der Waals surface area contributed by atoms with Gasteiger partial charge in [-0.05, 0) is 11.6 Å². The zero-order valence-corrected chi connectivity index (χ0v) is 9.34. The van der Waals surface area contributed by atoms with Crippen LogP contribution in [0.2, 0.25) is 5.02 Å². The number of benzene rings is 1. The van der Waals surface area contributed by atoms with Gasteiger partial charge in [-0.1, -0.05) is 22.2 Å². The first-order valence-electron chi connectivity index (χ1n) is 4.05. The molecule has 2 rings (SSSR count). The second-order valence-corrected chi connectivity index (χ2v) is 4.83. The summed E-state index contributed by atoms with van der Waals surface area (Å²) in [4.78, 5) is -0.00137. The summed E-state index contributed by atoms with van der Waals surface area (Å²) in [6, 6.07) is 3.23. The summed E-state index contributed by atoms with van der Waals surface area (Å²) in [5.41, 5.74) is 0.538. The number of sulfonamides is 1. The lowest BCUT2D eigenvalue weighted by molar-refractivity contribution is 0.413. The monoisotopic (exact) mass is 246 g/mol. The maximum atomic E-state index is 11.6. The van der Waals surface area contributed by atoms with Crippen molar-refractivity contribution in [3.05, 3.63) is 22.7 Å². The number of rotatable bonds is 1. The van der Waals surface area contributed by atoms with E-state index in [1.807, 2.05) is 0 Å². The molecule has 1 heterocycles. The molecule has 1 aromatic rings. The highest BCUT2D eigenvalue weighted by Gasteiger charge is 2.27. The lowest BCUT2D eigenvalue weighted by Gasteiger charge is -2.13. The van der Waals surface area contributed by atoms with Crippen molar-refractivity contribution in [1.82, 2.24) is 0 Å². The maximum Gasteiger partial charge on any atom is 0.301 e. The Morgan fingerprint density at radius 1 is 1.47 bits per heavy atom. The van der Waals surface area contributed by atoms with Crippen LogP contribution < -0.4 is 4.74 Å². The molecule has 0 N–H and O–H groups in total. The molecule has 0 saturated heterocycles. The Labute approximate surface area is 91.8 Å². The van der Waals surface area contributed by atoms with Crippen molar-refractivity contribution in [3.63, 3.8) is 0 Å². The Hall–Kier alpha value is -1.14. The van der Waals surface area contributed by atoms with Gasteiger partial charge in [0.25, 0.3) is 0 Å². The maximum absolute atomic E-state index is 11.6. The quantitative estimate of drug-likeness (QED) is 0.761. The molecule has 0 aliphatic carbocycles. The highest BCUT2D eigenvalue weighted by Crippen LogP contribution is 2.37. The van der Waals surface area contributed by atoms with Crippen LogP contribution in [0.15, 0.2) is 26.7 Å². The third-order valence-corrected chi connectivity index (χ3v) is 3.83. The van der Waals surface area contributed by atoms with Gasteiger partial charge in [-0.2, -0.15) is 13.5 Å². The van der Waals surface area contributed by atoms with Gasteiger partial charge in [0.1, 0.15) is 15.7 Å². The van der Waals surface area contributed by atoms with Gasteiger partial charge in [0, 0.05) is 0 Å². The van der Waals surface area contributed by atoms with Crippen LogP contribution in [0.4, 0.5) is 0 Å². The molecular formula is C8H7ClN2O3S. The number of nitrogens with zero attached hydrogens (tertiary/aromatic N) is 2. The van der Waals surface area contributed by atoms with Gasteiger partial charge < -0.3 is 4.74 Å². The molecule has 80 valence electrons. The summed E-state index contributed by atoms with van der Waals surface area (Å²) >= 11 is 5.91. The topological polar surface area (TPSA) is 68.1 Å². The molecule has 0 unspecified atom stereocenters. The molecule has 5 nitrogen and oxygen atoms in total. The third kappa shape index (κ3) is 1.59. The average molecular weight is 247 g/mol. The zero-order chi connectivity index (χ0) is 11.1. The first kappa shape index (κ1) is 10.4. The number of methoxy groups -OCH3 is 1. The highest BCUT2D eigenvalue weighted by molar-refractivity contribution is 7.90. The second kappa shape index (κ2) is 3.46. The van der Waals surface area contributed by atoms with Crippen LogP contribution in [-0.2, 0) is 16.6 Å². The van der Waals surface area contributed by atoms with E-state index in [1.165, 1.54) is 7.11 Å². The largest absolute Gasteiger partial charge is 0.495 e. The summed E-state index contributed by atoms with van der Waals surface area (Å²) in [7, 11) is -2.34. The first-order valence-corrected chi connectivity index (χ1v) is 5.87. The second-order valence-electron chi connectivity index (χ2n) is 2.93. The first-order chi connectivity index (χ1) is 7.06. The lowest BCUT2D eigenvalue weighted by atomic mass is 10.2. The Morgan fingerprint density at radius 2 is 2.20 bits per heavy atom. The van der Waals surface area contributed by atoms with Crippen LogP contribution in [0.5, 0.6) is 5.75 Å². The van der Waals surface area contributed by atoms with Crippen molar-refractivity contribution in [1.29, 1.82) is 0 Å². The van der Waals surface area contributed by atoms with E-state index in [0.717, 1.165) is 0 Å². The van der Waals surface area contributed by atoms with Crippen LogP contribution in [-0.4, -0.2) is 15.5 Å². The van der Waals surface area contributed by atoms with Crippen LogP contribution >= 0.6 is 11.6 Å². The van der Waals surface area contributed by atoms with E-state index in [0.29, 0.717) is 11.3 Å². The van der Waals surface area contributed by atoms with E-state index in [4.69, 9.17) is 16.3 Å². The van der Waals surface area contributed by atoms with Crippen LogP contribution in [0.3, 0.4) is 0 Å². The molecule has 0 saturated carbocycles. The lowest BCUT2D eigenvalue weighted by Crippen LogP contribution is -2.07. The minimum atomic E-state index is -3.76. The van der Waals surface area contributed by atoms with E-state index in [9.17, 15) is 8.42 Å². The van der Waals surface area contributed by atoms with Crippen molar-refractivity contribution < 1.29 is 13.2 Å². The third-order valence-electron chi connectivity index (χ3n) is 2.03. The van der Waals surface area contributed by atoms with E-state index in [1.54, 1.807) is 12.1 Å². The van der Waals surface area contributed by atoms with Gasteiger partial charge in [-0.15, -0.1) is 0 Å². The molecule has 0 amide bonds. The summed E-state index contributed by atoms with van der Waals surface area (Å²) in [5, 5.41) is 3.57. The molecule has 0 atom stereocenters. The average Bonchev–Trinajstić information content (AvgIpc) is 2.17. The van der Waals surface area contributed by atoms with E-state index < -0.39 is 10.0 Å². The fraction of sp³-hybridized carbons (Fsp3) is 0.250. The van der Waals surface area contributed by atoms with Gasteiger partial charge in [0.2, 0.25) is 0 Å². The predicted octanol–water partition coefficient (Wildman–Crippen LogP) is 2.00. The van der Waals surface area contributed by atoms with Crippen molar-refractivity contribution >= 4 is 21.6 Å². The summed E-state index contributed by atoms with van der Waals surface area (Å²) in [6.45, 7) is 0.221. The number of fused-ring (bicyclic) bond motifs is 1. The number of hydrogen-bond donors (Lipinski definition) is 0. The number of hydrogen-bond acceptors (Lipinski definition) is 4. The normalized spacial score (nSPS) is 17.2. The molecule has 0 aromatic heterocycles. The minimum absolute atomic E-state index is 0.00137. The fourth-order valence-corrected chi connectivity index (χ4v) is 3.00. The zero-order valence-electron chi connectivity index (χ0n) is 7.77. The Kier molecular flexibility index (Phi) is 2.40. The molecule has 0 radical (unpaired) electrons.